The largest absolute Gasteiger partial charge is 0.365 e. The molecule has 0 unspecified atom stereocenters. The zero-order valence-corrected chi connectivity index (χ0v) is 6.62. The Balaban J connectivity index is 2.19. The van der Waals surface area contributed by atoms with Crippen LogP contribution in [0.15, 0.2) is 29.5 Å². The molecule has 0 aromatic carbocycles. The Kier molecular flexibility index (Phi) is 3.07. The van der Waals surface area contributed by atoms with E-state index in [2.05, 4.69) is 21.6 Å². The van der Waals surface area contributed by atoms with Crippen LogP contribution in [0.3, 0.4) is 0 Å². The number of carbonyl (C=O) groups excluding carboxylic acids is 1. The van der Waals surface area contributed by atoms with Crippen LogP contribution in [-0.2, 0) is 11.2 Å². The van der Waals surface area contributed by atoms with E-state index in [-0.39, 0.29) is 5.91 Å². The van der Waals surface area contributed by atoms with Crippen molar-refractivity contribution in [2.24, 2.45) is 0 Å². The molecular weight excluding hydrogens is 156 g/mol. The van der Waals surface area contributed by atoms with Crippen molar-refractivity contribution < 1.29 is 9.32 Å². The Bertz CT molecular complexity index is 254. The molecule has 4 nitrogen and oxygen atoms in total. The van der Waals surface area contributed by atoms with Gasteiger partial charge in [-0.05, 0) is 6.08 Å². The number of rotatable bonds is 4. The first-order chi connectivity index (χ1) is 5.83. The van der Waals surface area contributed by atoms with Crippen LogP contribution in [0.2, 0.25) is 0 Å². The zero-order chi connectivity index (χ0) is 8.81. The molecular formula is C8H10N2O2. The molecule has 0 bridgehead atoms. The molecule has 12 heavy (non-hydrogen) atoms. The molecule has 1 rings (SSSR count). The Hall–Kier alpha value is -1.58. The second-order valence-corrected chi connectivity index (χ2v) is 2.24. The van der Waals surface area contributed by atoms with E-state index in [1.807, 2.05) is 0 Å². The minimum Gasteiger partial charge on any atom is -0.365 e. The van der Waals surface area contributed by atoms with Gasteiger partial charge in [-0.1, -0.05) is 11.7 Å². The van der Waals surface area contributed by atoms with Crippen molar-refractivity contribution in [3.05, 3.63) is 30.7 Å². The molecule has 64 valence electrons. The second-order valence-electron chi connectivity index (χ2n) is 2.24. The van der Waals surface area contributed by atoms with Gasteiger partial charge in [-0.3, -0.25) is 4.79 Å². The lowest BCUT2D eigenvalue weighted by Crippen LogP contribution is -2.23. The topological polar surface area (TPSA) is 55.1 Å². The average molecular weight is 166 g/mol. The van der Waals surface area contributed by atoms with Gasteiger partial charge in [0.2, 0.25) is 5.91 Å². The lowest BCUT2D eigenvalue weighted by molar-refractivity contribution is -0.116. The molecule has 1 aromatic rings. The van der Waals surface area contributed by atoms with Crippen molar-refractivity contribution in [1.82, 2.24) is 10.5 Å². The third-order valence-corrected chi connectivity index (χ3v) is 1.36. The highest BCUT2D eigenvalue weighted by molar-refractivity contribution is 5.86. The second kappa shape index (κ2) is 4.33. The minimum atomic E-state index is -0.168. The SMILES string of the molecule is C=CC(=O)NCCc1ccon1. The maximum absolute atomic E-state index is 10.7. The Morgan fingerprint density at radius 2 is 2.67 bits per heavy atom. The first-order valence-corrected chi connectivity index (χ1v) is 3.62. The monoisotopic (exact) mass is 166 g/mol. The molecule has 1 amide bonds. The number of hydrogen-bond donors (Lipinski definition) is 1. The molecule has 0 fully saturated rings. The molecule has 0 radical (unpaired) electrons. The molecule has 0 atom stereocenters. The number of hydrogen-bond acceptors (Lipinski definition) is 3. The summed E-state index contributed by atoms with van der Waals surface area (Å²) in [7, 11) is 0. The molecule has 0 saturated heterocycles. The van der Waals surface area contributed by atoms with Crippen LogP contribution in [0.5, 0.6) is 0 Å². The Labute approximate surface area is 70.2 Å². The zero-order valence-electron chi connectivity index (χ0n) is 6.62. The van der Waals surface area contributed by atoms with Gasteiger partial charge < -0.3 is 9.84 Å². The fourth-order valence-electron chi connectivity index (χ4n) is 0.752. The fourth-order valence-corrected chi connectivity index (χ4v) is 0.752. The highest BCUT2D eigenvalue weighted by atomic mass is 16.5. The lowest BCUT2D eigenvalue weighted by Gasteiger charge is -1.97. The van der Waals surface area contributed by atoms with E-state index in [0.29, 0.717) is 13.0 Å². The number of carbonyl (C=O) groups is 1. The van der Waals surface area contributed by atoms with Crippen LogP contribution < -0.4 is 5.32 Å². The van der Waals surface area contributed by atoms with E-state index < -0.39 is 0 Å². The Morgan fingerprint density at radius 1 is 1.83 bits per heavy atom. The van der Waals surface area contributed by atoms with E-state index in [1.165, 1.54) is 12.3 Å². The van der Waals surface area contributed by atoms with Crippen LogP contribution in [0.4, 0.5) is 0 Å². The Morgan fingerprint density at radius 3 is 3.25 bits per heavy atom. The van der Waals surface area contributed by atoms with Crippen LogP contribution in [0.25, 0.3) is 0 Å². The molecule has 0 aliphatic carbocycles. The van der Waals surface area contributed by atoms with Crippen molar-refractivity contribution in [3.63, 3.8) is 0 Å². The van der Waals surface area contributed by atoms with Gasteiger partial charge in [0.15, 0.2) is 0 Å². The van der Waals surface area contributed by atoms with E-state index in [9.17, 15) is 4.79 Å². The normalized spacial score (nSPS) is 9.33. The molecule has 0 saturated carbocycles. The number of nitrogens with one attached hydrogen (secondary N) is 1. The number of amides is 1. The predicted octanol–water partition coefficient (Wildman–Crippen LogP) is 0.519. The summed E-state index contributed by atoms with van der Waals surface area (Å²) >= 11 is 0. The summed E-state index contributed by atoms with van der Waals surface area (Å²) in [6.07, 6.45) is 3.42. The van der Waals surface area contributed by atoms with Gasteiger partial charge in [0.25, 0.3) is 0 Å². The summed E-state index contributed by atoms with van der Waals surface area (Å²) in [6.45, 7) is 3.88. The van der Waals surface area contributed by atoms with Crippen molar-refractivity contribution in [2.45, 2.75) is 6.42 Å². The van der Waals surface area contributed by atoms with Gasteiger partial charge in [-0.25, -0.2) is 0 Å². The van der Waals surface area contributed by atoms with Gasteiger partial charge in [0.05, 0.1) is 5.69 Å². The van der Waals surface area contributed by atoms with Crippen molar-refractivity contribution >= 4 is 5.91 Å². The maximum Gasteiger partial charge on any atom is 0.243 e. The summed E-state index contributed by atoms with van der Waals surface area (Å²) in [4.78, 5) is 10.7. The third kappa shape index (κ3) is 2.57. The predicted molar refractivity (Wildman–Crippen MR) is 43.4 cm³/mol. The number of aromatic nitrogens is 1. The summed E-state index contributed by atoms with van der Waals surface area (Å²) in [5, 5.41) is 6.32. The molecule has 0 spiro atoms. The highest BCUT2D eigenvalue weighted by Crippen LogP contribution is 1.93. The lowest BCUT2D eigenvalue weighted by atomic mass is 10.3. The van der Waals surface area contributed by atoms with Crippen molar-refractivity contribution in [1.29, 1.82) is 0 Å². The van der Waals surface area contributed by atoms with Crippen LogP contribution in [0.1, 0.15) is 5.69 Å². The van der Waals surface area contributed by atoms with Crippen molar-refractivity contribution in [3.8, 4) is 0 Å². The smallest absolute Gasteiger partial charge is 0.243 e. The van der Waals surface area contributed by atoms with E-state index in [1.54, 1.807) is 6.07 Å². The molecule has 0 aliphatic heterocycles. The van der Waals surface area contributed by atoms with E-state index in [4.69, 9.17) is 0 Å². The summed E-state index contributed by atoms with van der Waals surface area (Å²) in [5.41, 5.74) is 0.833. The summed E-state index contributed by atoms with van der Waals surface area (Å²) < 4.78 is 4.62. The average Bonchev–Trinajstić information content (AvgIpc) is 2.57. The van der Waals surface area contributed by atoms with E-state index >= 15 is 0 Å². The molecule has 1 heterocycles. The molecule has 4 heteroatoms. The van der Waals surface area contributed by atoms with E-state index in [0.717, 1.165) is 5.69 Å². The van der Waals surface area contributed by atoms with Gasteiger partial charge in [-0.2, -0.15) is 0 Å². The van der Waals surface area contributed by atoms with Crippen LogP contribution in [-0.4, -0.2) is 17.6 Å². The van der Waals surface area contributed by atoms with Gasteiger partial charge in [0.1, 0.15) is 6.26 Å². The van der Waals surface area contributed by atoms with Gasteiger partial charge in [0, 0.05) is 19.0 Å². The fraction of sp³-hybridized carbons (Fsp3) is 0.250. The summed E-state index contributed by atoms with van der Waals surface area (Å²) in [5.74, 6) is -0.168. The minimum absolute atomic E-state index is 0.168. The number of nitrogens with zero attached hydrogens (tertiary/aromatic N) is 1. The quantitative estimate of drug-likeness (QED) is 0.663. The molecule has 1 N–H and O–H groups in total. The first kappa shape index (κ1) is 8.52. The first-order valence-electron chi connectivity index (χ1n) is 3.62. The van der Waals surface area contributed by atoms with Crippen molar-refractivity contribution in [2.75, 3.05) is 6.54 Å². The van der Waals surface area contributed by atoms with Gasteiger partial charge in [-0.15, -0.1) is 0 Å². The maximum atomic E-state index is 10.7. The summed E-state index contributed by atoms with van der Waals surface area (Å²) in [6, 6.07) is 1.76. The molecule has 0 aliphatic rings. The standard InChI is InChI=1S/C8H10N2O2/c1-2-8(11)9-5-3-7-4-6-12-10-7/h2,4,6H,1,3,5H2,(H,9,11). The van der Waals surface area contributed by atoms with Gasteiger partial charge >= 0.3 is 0 Å². The third-order valence-electron chi connectivity index (χ3n) is 1.36. The van der Waals surface area contributed by atoms with Crippen LogP contribution >= 0.6 is 0 Å². The highest BCUT2D eigenvalue weighted by Gasteiger charge is 1.96. The molecule has 1 aromatic heterocycles. The van der Waals surface area contributed by atoms with Crippen LogP contribution in [0, 0.1) is 0 Å².